The summed E-state index contributed by atoms with van der Waals surface area (Å²) in [5.74, 6) is 0.0609. The normalized spacial score (nSPS) is 19.7. The Bertz CT molecular complexity index is 596. The first-order valence-corrected chi connectivity index (χ1v) is 6.63. The number of nitrogens with one attached hydrogen (secondary N) is 2. The number of piperidine rings is 1. The zero-order chi connectivity index (χ0) is 13.2. The van der Waals surface area contributed by atoms with E-state index in [0.717, 1.165) is 18.6 Å². The Morgan fingerprint density at radius 1 is 1.47 bits per heavy atom. The van der Waals surface area contributed by atoms with Crippen LogP contribution in [0.3, 0.4) is 0 Å². The molecule has 1 aliphatic rings. The van der Waals surface area contributed by atoms with Crippen LogP contribution in [0, 0.1) is 5.41 Å². The summed E-state index contributed by atoms with van der Waals surface area (Å²) in [6.07, 6.45) is 7.13. The summed E-state index contributed by atoms with van der Waals surface area (Å²) < 4.78 is 2.06. The molecule has 1 aliphatic heterocycles. The Labute approximate surface area is 111 Å². The first kappa shape index (κ1) is 12.1. The van der Waals surface area contributed by atoms with Crippen LogP contribution < -0.4 is 11.1 Å². The number of amidine groups is 1. The fraction of sp³-hybridized carbons (Fsp3) is 0.462. The average Bonchev–Trinajstić information content (AvgIpc) is 2.83. The number of hydrogen-bond donors (Lipinski definition) is 3. The van der Waals surface area contributed by atoms with E-state index in [2.05, 4.69) is 19.9 Å². The van der Waals surface area contributed by atoms with Crippen LogP contribution in [0.2, 0.25) is 0 Å². The topological polar surface area (TPSA) is 92.6 Å². The zero-order valence-electron chi connectivity index (χ0n) is 10.8. The zero-order valence-corrected chi connectivity index (χ0v) is 10.8. The summed E-state index contributed by atoms with van der Waals surface area (Å²) in [6, 6.07) is 2.24. The molecule has 3 heterocycles. The summed E-state index contributed by atoms with van der Waals surface area (Å²) in [5.41, 5.74) is 7.87. The van der Waals surface area contributed by atoms with E-state index >= 15 is 0 Å². The van der Waals surface area contributed by atoms with E-state index < -0.39 is 0 Å². The second-order valence-corrected chi connectivity index (χ2v) is 4.99. The highest BCUT2D eigenvalue weighted by atomic mass is 15.1. The minimum Gasteiger partial charge on any atom is -0.384 e. The van der Waals surface area contributed by atoms with Crippen LogP contribution >= 0.6 is 0 Å². The highest BCUT2D eigenvalue weighted by molar-refractivity contribution is 6.04. The van der Waals surface area contributed by atoms with E-state index in [1.165, 1.54) is 19.3 Å². The predicted octanol–water partition coefficient (Wildman–Crippen LogP) is 0.857. The van der Waals surface area contributed by atoms with E-state index in [-0.39, 0.29) is 5.84 Å². The molecule has 6 nitrogen and oxygen atoms in total. The molecule has 0 bridgehead atoms. The molecular formula is C13H18N6. The predicted molar refractivity (Wildman–Crippen MR) is 74.2 cm³/mol. The number of aromatic nitrogens is 3. The molecule has 4 N–H and O–H groups in total. The lowest BCUT2D eigenvalue weighted by Crippen LogP contribution is -2.37. The van der Waals surface area contributed by atoms with E-state index in [1.807, 2.05) is 0 Å². The van der Waals surface area contributed by atoms with Crippen molar-refractivity contribution in [2.24, 2.45) is 5.73 Å². The number of nitrogens with two attached hydrogens (primary N) is 1. The fourth-order valence-corrected chi connectivity index (χ4v) is 2.68. The van der Waals surface area contributed by atoms with Crippen molar-refractivity contribution in [3.63, 3.8) is 0 Å². The van der Waals surface area contributed by atoms with Gasteiger partial charge in [-0.3, -0.25) is 5.41 Å². The number of nitrogens with zero attached hydrogens (tertiary/aromatic N) is 3. The van der Waals surface area contributed by atoms with Gasteiger partial charge in [-0.1, -0.05) is 6.42 Å². The van der Waals surface area contributed by atoms with E-state index in [9.17, 15) is 0 Å². The van der Waals surface area contributed by atoms with Crippen molar-refractivity contribution in [3.05, 3.63) is 24.2 Å². The van der Waals surface area contributed by atoms with Gasteiger partial charge in [0.15, 0.2) is 5.65 Å². The number of pyridine rings is 1. The SMILES string of the molecule is N=C(N)c1ccnc2ncn(CC3CCCCN3)c12. The molecule has 6 heteroatoms. The van der Waals surface area contributed by atoms with Crippen LogP contribution in [-0.4, -0.2) is 33.0 Å². The molecular weight excluding hydrogens is 240 g/mol. The van der Waals surface area contributed by atoms with Crippen LogP contribution in [-0.2, 0) is 6.54 Å². The molecule has 2 aromatic heterocycles. The summed E-state index contributed by atoms with van der Waals surface area (Å²) in [5, 5.41) is 11.2. The molecule has 2 aromatic rings. The number of rotatable bonds is 3. The van der Waals surface area contributed by atoms with Crippen molar-refractivity contribution in [3.8, 4) is 0 Å². The molecule has 3 rings (SSSR count). The van der Waals surface area contributed by atoms with Gasteiger partial charge in [0.05, 0.1) is 11.8 Å². The average molecular weight is 258 g/mol. The van der Waals surface area contributed by atoms with Gasteiger partial charge in [0.2, 0.25) is 0 Å². The lowest BCUT2D eigenvalue weighted by Gasteiger charge is -2.24. The molecule has 1 saturated heterocycles. The molecule has 0 spiro atoms. The Morgan fingerprint density at radius 2 is 2.37 bits per heavy atom. The van der Waals surface area contributed by atoms with Crippen molar-refractivity contribution in [2.45, 2.75) is 31.8 Å². The van der Waals surface area contributed by atoms with Gasteiger partial charge in [0.1, 0.15) is 5.84 Å². The maximum Gasteiger partial charge on any atom is 0.178 e. The molecule has 1 atom stereocenters. The largest absolute Gasteiger partial charge is 0.384 e. The number of fused-ring (bicyclic) bond motifs is 1. The molecule has 0 amide bonds. The first-order valence-electron chi connectivity index (χ1n) is 6.63. The van der Waals surface area contributed by atoms with Gasteiger partial charge in [0.25, 0.3) is 0 Å². The third kappa shape index (κ3) is 2.31. The maximum atomic E-state index is 7.67. The third-order valence-electron chi connectivity index (χ3n) is 3.63. The molecule has 0 saturated carbocycles. The Kier molecular flexibility index (Phi) is 3.16. The lowest BCUT2D eigenvalue weighted by molar-refractivity contribution is 0.366. The number of nitrogen functional groups attached to an aromatic ring is 1. The highest BCUT2D eigenvalue weighted by Gasteiger charge is 2.16. The van der Waals surface area contributed by atoms with Crippen LogP contribution in [0.15, 0.2) is 18.6 Å². The van der Waals surface area contributed by atoms with Gasteiger partial charge < -0.3 is 15.6 Å². The van der Waals surface area contributed by atoms with Gasteiger partial charge >= 0.3 is 0 Å². The van der Waals surface area contributed by atoms with E-state index in [0.29, 0.717) is 17.3 Å². The maximum absolute atomic E-state index is 7.67. The quantitative estimate of drug-likeness (QED) is 0.562. The summed E-state index contributed by atoms with van der Waals surface area (Å²) in [4.78, 5) is 8.53. The van der Waals surface area contributed by atoms with Crippen molar-refractivity contribution in [1.29, 1.82) is 5.41 Å². The molecule has 0 aromatic carbocycles. The van der Waals surface area contributed by atoms with Crippen LogP contribution in [0.4, 0.5) is 0 Å². The number of hydrogen-bond acceptors (Lipinski definition) is 4. The van der Waals surface area contributed by atoms with Gasteiger partial charge in [-0.15, -0.1) is 0 Å². The standard InChI is InChI=1S/C13H18N6/c14-12(15)10-4-6-17-13-11(10)19(8-18-13)7-9-3-1-2-5-16-9/h4,6,8-9,16H,1-3,5,7H2,(H3,14,15). The molecule has 0 aliphatic carbocycles. The van der Waals surface area contributed by atoms with Crippen molar-refractivity contribution in [1.82, 2.24) is 19.9 Å². The highest BCUT2D eigenvalue weighted by Crippen LogP contribution is 2.17. The summed E-state index contributed by atoms with van der Waals surface area (Å²) in [6.45, 7) is 1.93. The Hall–Kier alpha value is -1.95. The Morgan fingerprint density at radius 3 is 3.11 bits per heavy atom. The third-order valence-corrected chi connectivity index (χ3v) is 3.63. The minimum absolute atomic E-state index is 0.0609. The van der Waals surface area contributed by atoms with E-state index in [1.54, 1.807) is 18.6 Å². The monoisotopic (exact) mass is 258 g/mol. The van der Waals surface area contributed by atoms with Crippen molar-refractivity contribution >= 4 is 17.0 Å². The minimum atomic E-state index is 0.0609. The van der Waals surface area contributed by atoms with Crippen LogP contribution in [0.25, 0.3) is 11.2 Å². The van der Waals surface area contributed by atoms with Gasteiger partial charge in [-0.2, -0.15) is 0 Å². The molecule has 19 heavy (non-hydrogen) atoms. The van der Waals surface area contributed by atoms with Gasteiger partial charge in [-0.25, -0.2) is 9.97 Å². The fourth-order valence-electron chi connectivity index (χ4n) is 2.68. The van der Waals surface area contributed by atoms with Crippen molar-refractivity contribution < 1.29 is 0 Å². The first-order chi connectivity index (χ1) is 9.25. The second kappa shape index (κ2) is 4.97. The molecule has 1 fully saturated rings. The van der Waals surface area contributed by atoms with Crippen LogP contribution in [0.1, 0.15) is 24.8 Å². The van der Waals surface area contributed by atoms with Gasteiger partial charge in [0, 0.05) is 24.3 Å². The van der Waals surface area contributed by atoms with Gasteiger partial charge in [-0.05, 0) is 25.5 Å². The second-order valence-electron chi connectivity index (χ2n) is 4.99. The molecule has 0 radical (unpaired) electrons. The smallest absolute Gasteiger partial charge is 0.178 e. The van der Waals surface area contributed by atoms with Crippen molar-refractivity contribution in [2.75, 3.05) is 6.54 Å². The summed E-state index contributed by atoms with van der Waals surface area (Å²) in [7, 11) is 0. The molecule has 1 unspecified atom stereocenters. The summed E-state index contributed by atoms with van der Waals surface area (Å²) >= 11 is 0. The van der Waals surface area contributed by atoms with Crippen LogP contribution in [0.5, 0.6) is 0 Å². The molecule has 100 valence electrons. The van der Waals surface area contributed by atoms with E-state index in [4.69, 9.17) is 11.1 Å². The number of imidazole rings is 1. The lowest BCUT2D eigenvalue weighted by atomic mass is 10.0. The Balaban J connectivity index is 1.96.